The van der Waals surface area contributed by atoms with Gasteiger partial charge in [-0.15, -0.1) is 0 Å². The summed E-state index contributed by atoms with van der Waals surface area (Å²) in [4.78, 5) is 23.5. The van der Waals surface area contributed by atoms with Crippen molar-refractivity contribution < 1.29 is 0 Å². The van der Waals surface area contributed by atoms with Crippen molar-refractivity contribution in [1.29, 1.82) is 5.26 Å². The third-order valence-electron chi connectivity index (χ3n) is 3.63. The van der Waals surface area contributed by atoms with Crippen molar-refractivity contribution in [2.24, 2.45) is 0 Å². The maximum absolute atomic E-state index is 12.2. The zero-order chi connectivity index (χ0) is 15.0. The van der Waals surface area contributed by atoms with Gasteiger partial charge in [0.2, 0.25) is 0 Å². The van der Waals surface area contributed by atoms with Crippen molar-refractivity contribution >= 4 is 11.0 Å². The highest BCUT2D eigenvalue weighted by molar-refractivity contribution is 5.95. The quantitative estimate of drug-likeness (QED) is 0.740. The molecule has 2 aromatic heterocycles. The molecule has 0 bridgehead atoms. The smallest absolute Gasteiger partial charge is 0.256 e. The van der Waals surface area contributed by atoms with E-state index in [2.05, 4.69) is 21.0 Å². The molecule has 1 aromatic carbocycles. The molecule has 0 aliphatic heterocycles. The molecule has 5 heteroatoms. The molecule has 0 aliphatic rings. The predicted molar refractivity (Wildman–Crippen MR) is 79.8 cm³/mol. The molecule has 2 heterocycles. The first-order chi connectivity index (χ1) is 10.1. The third kappa shape index (κ3) is 1.98. The van der Waals surface area contributed by atoms with Crippen LogP contribution in [0.15, 0.2) is 35.5 Å². The lowest BCUT2D eigenvalue weighted by Crippen LogP contribution is -2.12. The van der Waals surface area contributed by atoms with Crippen LogP contribution in [0.4, 0.5) is 0 Å². The second kappa shape index (κ2) is 4.84. The predicted octanol–water partition coefficient (Wildman–Crippen LogP) is 2.47. The van der Waals surface area contributed by atoms with E-state index in [1.165, 1.54) is 0 Å². The molecular formula is C16H12N4O. The van der Waals surface area contributed by atoms with Crippen LogP contribution in [0.3, 0.4) is 0 Å². The molecule has 0 aliphatic carbocycles. The number of aryl methyl sites for hydroxylation is 1. The number of hydrogen-bond acceptors (Lipinski definition) is 4. The zero-order valence-electron chi connectivity index (χ0n) is 11.6. The summed E-state index contributed by atoms with van der Waals surface area (Å²) in [6.45, 7) is 3.84. The second-order valence-corrected chi connectivity index (χ2v) is 4.83. The minimum absolute atomic E-state index is 0.172. The SMILES string of the molecule is Cc1c[nH]c(=O)c(-c2ccc(C#N)c3nccnc23)c1C. The lowest BCUT2D eigenvalue weighted by atomic mass is 9.97. The second-order valence-electron chi connectivity index (χ2n) is 4.83. The van der Waals surface area contributed by atoms with Crippen molar-refractivity contribution in [3.8, 4) is 17.2 Å². The Labute approximate surface area is 120 Å². The van der Waals surface area contributed by atoms with E-state index in [4.69, 9.17) is 5.26 Å². The van der Waals surface area contributed by atoms with Gasteiger partial charge in [0.15, 0.2) is 0 Å². The lowest BCUT2D eigenvalue weighted by molar-refractivity contribution is 1.16. The Balaban J connectivity index is 2.47. The van der Waals surface area contributed by atoms with Crippen LogP contribution in [-0.2, 0) is 0 Å². The highest BCUT2D eigenvalue weighted by Gasteiger charge is 2.15. The number of nitriles is 1. The molecule has 0 amide bonds. The fraction of sp³-hybridized carbons (Fsp3) is 0.125. The summed E-state index contributed by atoms with van der Waals surface area (Å²) in [6, 6.07) is 5.53. The number of fused-ring (bicyclic) bond motifs is 1. The van der Waals surface area contributed by atoms with E-state index in [0.717, 1.165) is 11.1 Å². The minimum atomic E-state index is -0.172. The summed E-state index contributed by atoms with van der Waals surface area (Å²) in [5.41, 5.74) is 4.51. The highest BCUT2D eigenvalue weighted by Crippen LogP contribution is 2.28. The van der Waals surface area contributed by atoms with Gasteiger partial charge in [0.1, 0.15) is 11.6 Å². The van der Waals surface area contributed by atoms with Gasteiger partial charge >= 0.3 is 0 Å². The first-order valence-electron chi connectivity index (χ1n) is 6.46. The molecule has 102 valence electrons. The highest BCUT2D eigenvalue weighted by atomic mass is 16.1. The Bertz CT molecular complexity index is 951. The molecule has 3 rings (SSSR count). The minimum Gasteiger partial charge on any atom is -0.328 e. The summed E-state index contributed by atoms with van der Waals surface area (Å²) < 4.78 is 0. The van der Waals surface area contributed by atoms with E-state index in [0.29, 0.717) is 27.7 Å². The maximum atomic E-state index is 12.2. The number of benzene rings is 1. The van der Waals surface area contributed by atoms with Crippen LogP contribution in [-0.4, -0.2) is 15.0 Å². The van der Waals surface area contributed by atoms with Crippen molar-refractivity contribution in [3.63, 3.8) is 0 Å². The topological polar surface area (TPSA) is 82.4 Å². The average molecular weight is 276 g/mol. The number of nitrogens with zero attached hydrogens (tertiary/aromatic N) is 3. The van der Waals surface area contributed by atoms with Crippen LogP contribution >= 0.6 is 0 Å². The number of aromatic amines is 1. The summed E-state index contributed by atoms with van der Waals surface area (Å²) >= 11 is 0. The standard InChI is InChI=1S/C16H12N4O/c1-9-8-20-16(21)13(10(9)2)12-4-3-11(7-17)14-15(12)19-6-5-18-14/h3-6,8H,1-2H3,(H,20,21). The number of nitrogens with one attached hydrogen (secondary N) is 1. The first-order valence-corrected chi connectivity index (χ1v) is 6.46. The summed E-state index contributed by atoms with van der Waals surface area (Å²) in [5, 5.41) is 9.16. The summed E-state index contributed by atoms with van der Waals surface area (Å²) in [7, 11) is 0. The third-order valence-corrected chi connectivity index (χ3v) is 3.63. The van der Waals surface area contributed by atoms with Crippen LogP contribution in [0.5, 0.6) is 0 Å². The Morgan fingerprint density at radius 2 is 1.86 bits per heavy atom. The fourth-order valence-electron chi connectivity index (χ4n) is 2.39. The van der Waals surface area contributed by atoms with Crippen molar-refractivity contribution in [2.75, 3.05) is 0 Å². The van der Waals surface area contributed by atoms with Crippen LogP contribution in [0.1, 0.15) is 16.7 Å². The van der Waals surface area contributed by atoms with Gasteiger partial charge in [-0.05, 0) is 31.0 Å². The van der Waals surface area contributed by atoms with E-state index in [9.17, 15) is 4.79 Å². The molecule has 0 unspecified atom stereocenters. The largest absolute Gasteiger partial charge is 0.328 e. The normalized spacial score (nSPS) is 10.5. The van der Waals surface area contributed by atoms with Gasteiger partial charge in [-0.25, -0.2) is 0 Å². The molecule has 0 atom stereocenters. The maximum Gasteiger partial charge on any atom is 0.256 e. The van der Waals surface area contributed by atoms with E-state index in [1.54, 1.807) is 30.7 Å². The number of hydrogen-bond donors (Lipinski definition) is 1. The van der Waals surface area contributed by atoms with Crippen LogP contribution in [0.2, 0.25) is 0 Å². The van der Waals surface area contributed by atoms with Gasteiger partial charge in [0, 0.05) is 24.2 Å². The molecule has 0 saturated heterocycles. The van der Waals surface area contributed by atoms with Crippen LogP contribution < -0.4 is 5.56 Å². The summed E-state index contributed by atoms with van der Waals surface area (Å²) in [6.07, 6.45) is 4.80. The molecule has 5 nitrogen and oxygen atoms in total. The van der Waals surface area contributed by atoms with Gasteiger partial charge in [-0.3, -0.25) is 14.8 Å². The Hall–Kier alpha value is -3.00. The molecule has 3 aromatic rings. The molecule has 1 N–H and O–H groups in total. The zero-order valence-corrected chi connectivity index (χ0v) is 11.6. The van der Waals surface area contributed by atoms with E-state index >= 15 is 0 Å². The number of H-pyrrole nitrogens is 1. The number of aromatic nitrogens is 3. The molecular weight excluding hydrogens is 264 g/mol. The number of rotatable bonds is 1. The lowest BCUT2D eigenvalue weighted by Gasteiger charge is -2.10. The van der Waals surface area contributed by atoms with Gasteiger partial charge in [-0.2, -0.15) is 5.26 Å². The van der Waals surface area contributed by atoms with Gasteiger partial charge in [-0.1, -0.05) is 6.07 Å². The molecule has 0 spiro atoms. The fourth-order valence-corrected chi connectivity index (χ4v) is 2.39. The monoisotopic (exact) mass is 276 g/mol. The van der Waals surface area contributed by atoms with Crippen molar-refractivity contribution in [3.05, 3.63) is 57.8 Å². The number of pyridine rings is 1. The Kier molecular flexibility index (Phi) is 2.99. The van der Waals surface area contributed by atoms with Crippen molar-refractivity contribution in [2.45, 2.75) is 13.8 Å². The molecule has 0 radical (unpaired) electrons. The molecule has 0 saturated carbocycles. The van der Waals surface area contributed by atoms with Crippen LogP contribution in [0, 0.1) is 25.2 Å². The van der Waals surface area contributed by atoms with Gasteiger partial charge in [0.05, 0.1) is 16.6 Å². The van der Waals surface area contributed by atoms with E-state index < -0.39 is 0 Å². The van der Waals surface area contributed by atoms with E-state index in [1.807, 2.05) is 13.8 Å². The van der Waals surface area contributed by atoms with Gasteiger partial charge < -0.3 is 4.98 Å². The molecule has 0 fully saturated rings. The average Bonchev–Trinajstić information content (AvgIpc) is 2.51. The van der Waals surface area contributed by atoms with Crippen molar-refractivity contribution in [1.82, 2.24) is 15.0 Å². The van der Waals surface area contributed by atoms with Crippen LogP contribution in [0.25, 0.3) is 22.2 Å². The van der Waals surface area contributed by atoms with Gasteiger partial charge in [0.25, 0.3) is 5.56 Å². The van der Waals surface area contributed by atoms with E-state index in [-0.39, 0.29) is 5.56 Å². The Morgan fingerprint density at radius 1 is 1.14 bits per heavy atom. The Morgan fingerprint density at radius 3 is 2.57 bits per heavy atom. The first kappa shape index (κ1) is 13.0. The summed E-state index contributed by atoms with van der Waals surface area (Å²) in [5.74, 6) is 0. The molecule has 21 heavy (non-hydrogen) atoms.